The third-order valence-electron chi connectivity index (χ3n) is 5.39. The first-order valence-corrected chi connectivity index (χ1v) is 13.0. The average Bonchev–Trinajstić information content (AvgIpc) is 3.30. The molecule has 1 aliphatic heterocycles. The molecule has 2 heterocycles. The number of rotatable bonds is 9. The second-order valence-electron chi connectivity index (χ2n) is 7.61. The summed E-state index contributed by atoms with van der Waals surface area (Å²) in [7, 11) is -9.10. The van der Waals surface area contributed by atoms with E-state index in [0.29, 0.717) is 13.0 Å². The molecule has 0 saturated carbocycles. The number of tetrazole rings is 1. The first-order valence-electron chi connectivity index (χ1n) is 9.94. The van der Waals surface area contributed by atoms with Gasteiger partial charge >= 0.3 is 0 Å². The van der Waals surface area contributed by atoms with Gasteiger partial charge in [-0.25, -0.2) is 26.7 Å². The molecular weight excluding hydrogens is 478 g/mol. The Morgan fingerprint density at radius 1 is 1.27 bits per heavy atom. The normalized spacial score (nSPS) is 20.7. The van der Waals surface area contributed by atoms with Gasteiger partial charge in [-0.3, -0.25) is 0 Å². The quantitative estimate of drug-likeness (QED) is 0.173. The number of aromatic amines is 1. The van der Waals surface area contributed by atoms with E-state index in [1.54, 1.807) is 4.90 Å². The Hall–Kier alpha value is -2.25. The number of primary sulfonamides is 1. The molecule has 3 rings (SSSR count). The van der Waals surface area contributed by atoms with Crippen molar-refractivity contribution in [1.29, 1.82) is 0 Å². The number of aliphatic hydroxyl groups excluding tert-OH is 2. The predicted molar refractivity (Wildman–Crippen MR) is 117 cm³/mol. The van der Waals surface area contributed by atoms with E-state index in [2.05, 4.69) is 25.3 Å². The maximum Gasteiger partial charge on any atom is 0.242 e. The van der Waals surface area contributed by atoms with Gasteiger partial charge < -0.3 is 26.6 Å². The van der Waals surface area contributed by atoms with Crippen molar-refractivity contribution in [2.75, 3.05) is 37.6 Å². The van der Waals surface area contributed by atoms with Crippen molar-refractivity contribution in [1.82, 2.24) is 25.3 Å². The second kappa shape index (κ2) is 9.94. The number of anilines is 1. The van der Waals surface area contributed by atoms with Crippen LogP contribution < -0.4 is 26.2 Å². The highest BCUT2D eigenvalue weighted by Crippen LogP contribution is 2.39. The standard InChI is InChI=1S/C16H27N9O6S2/c17-5-9-3-4-25(8-12(9)27)11-1-2-13(33(30,31)20-7-10(26)6-18)15(32(19,28)29)14(11)16-21-23-24-22-16/h1-2,9-10,12,20,26-27H,3-8,17-18H2,(H2,19,28,29)(H,21,22,23,24)/t9-,10+,12+/m0/s1. The summed E-state index contributed by atoms with van der Waals surface area (Å²) in [5.74, 6) is -0.339. The molecule has 0 bridgehead atoms. The number of benzene rings is 1. The predicted octanol–water partition coefficient (Wildman–Crippen LogP) is -3.74. The Morgan fingerprint density at radius 2 is 2.00 bits per heavy atom. The first-order chi connectivity index (χ1) is 15.5. The van der Waals surface area contributed by atoms with Gasteiger partial charge in [-0.2, -0.15) is 5.21 Å². The Bertz CT molecular complexity index is 1170. The zero-order valence-electron chi connectivity index (χ0n) is 17.5. The van der Waals surface area contributed by atoms with Crippen LogP contribution in [0.3, 0.4) is 0 Å². The van der Waals surface area contributed by atoms with E-state index in [-0.39, 0.29) is 42.6 Å². The van der Waals surface area contributed by atoms with Crippen LogP contribution >= 0.6 is 0 Å². The van der Waals surface area contributed by atoms with Crippen LogP contribution in [0.5, 0.6) is 0 Å². The number of β-amino-alcohol motifs (C(OH)–C–C–N with tert-alkyl or cyclic N) is 1. The number of nitrogens with two attached hydrogens (primary N) is 3. The molecule has 1 aromatic carbocycles. The van der Waals surface area contributed by atoms with Gasteiger partial charge in [0.05, 0.1) is 17.8 Å². The van der Waals surface area contributed by atoms with Crippen molar-refractivity contribution >= 4 is 25.7 Å². The smallest absolute Gasteiger partial charge is 0.242 e. The van der Waals surface area contributed by atoms with Crippen LogP contribution in [0.25, 0.3) is 11.4 Å². The molecule has 3 atom stereocenters. The van der Waals surface area contributed by atoms with E-state index in [1.165, 1.54) is 6.07 Å². The maximum absolute atomic E-state index is 12.9. The fourth-order valence-corrected chi connectivity index (χ4v) is 6.30. The zero-order valence-corrected chi connectivity index (χ0v) is 19.1. The molecule has 10 N–H and O–H groups in total. The van der Waals surface area contributed by atoms with Gasteiger partial charge in [-0.05, 0) is 30.3 Å². The molecule has 0 unspecified atom stereocenters. The van der Waals surface area contributed by atoms with Gasteiger partial charge in [0.1, 0.15) is 9.79 Å². The number of nitrogens with zero attached hydrogens (tertiary/aromatic N) is 4. The Morgan fingerprint density at radius 3 is 2.55 bits per heavy atom. The van der Waals surface area contributed by atoms with Gasteiger partial charge in [0, 0.05) is 37.8 Å². The average molecular weight is 506 g/mol. The summed E-state index contributed by atoms with van der Waals surface area (Å²) >= 11 is 0. The fraction of sp³-hybridized carbons (Fsp3) is 0.562. The van der Waals surface area contributed by atoms with Crippen molar-refractivity contribution in [2.24, 2.45) is 22.5 Å². The maximum atomic E-state index is 12.9. The van der Waals surface area contributed by atoms with Crippen LogP contribution in [0.1, 0.15) is 6.42 Å². The first kappa shape index (κ1) is 25.4. The topological polar surface area (TPSA) is 257 Å². The lowest BCUT2D eigenvalue weighted by molar-refractivity contribution is 0.0974. The summed E-state index contributed by atoms with van der Waals surface area (Å²) in [6, 6.07) is 2.46. The number of aromatic nitrogens is 4. The fourth-order valence-electron chi connectivity index (χ4n) is 3.64. The molecule has 0 amide bonds. The largest absolute Gasteiger partial charge is 0.391 e. The third-order valence-corrected chi connectivity index (χ3v) is 7.98. The molecule has 1 aliphatic rings. The van der Waals surface area contributed by atoms with Crippen LogP contribution in [0.4, 0.5) is 5.69 Å². The Labute approximate surface area is 190 Å². The summed E-state index contributed by atoms with van der Waals surface area (Å²) in [6.45, 7) is 0.150. The summed E-state index contributed by atoms with van der Waals surface area (Å²) in [4.78, 5) is 0.279. The molecule has 17 heteroatoms. The lowest BCUT2D eigenvalue weighted by Crippen LogP contribution is -2.46. The van der Waals surface area contributed by atoms with Gasteiger partial charge in [0.25, 0.3) is 0 Å². The summed E-state index contributed by atoms with van der Waals surface area (Å²) < 4.78 is 53.3. The molecular formula is C16H27N9O6S2. The number of hydrogen-bond acceptors (Lipinski definition) is 12. The van der Waals surface area contributed by atoms with Crippen molar-refractivity contribution in [3.8, 4) is 11.4 Å². The van der Waals surface area contributed by atoms with Crippen molar-refractivity contribution in [2.45, 2.75) is 28.4 Å². The van der Waals surface area contributed by atoms with E-state index in [4.69, 9.17) is 16.6 Å². The monoisotopic (exact) mass is 505 g/mol. The molecule has 15 nitrogen and oxygen atoms in total. The number of sulfonamides is 2. The molecule has 0 aliphatic carbocycles. The molecule has 1 aromatic heterocycles. The number of hydrogen-bond donors (Lipinski definition) is 7. The van der Waals surface area contributed by atoms with E-state index in [0.717, 1.165) is 6.07 Å². The number of nitrogens with one attached hydrogen (secondary N) is 2. The lowest BCUT2D eigenvalue weighted by atomic mass is 9.93. The van der Waals surface area contributed by atoms with E-state index < -0.39 is 48.6 Å². The molecule has 0 spiro atoms. The van der Waals surface area contributed by atoms with Crippen LogP contribution in [-0.2, 0) is 20.0 Å². The second-order valence-corrected chi connectivity index (χ2v) is 10.8. The number of aliphatic hydroxyl groups is 2. The highest BCUT2D eigenvalue weighted by atomic mass is 32.2. The molecule has 184 valence electrons. The summed E-state index contributed by atoms with van der Waals surface area (Å²) in [5.41, 5.74) is 11.0. The zero-order chi connectivity index (χ0) is 24.4. The minimum atomic E-state index is -4.64. The van der Waals surface area contributed by atoms with Crippen LogP contribution in [0.15, 0.2) is 21.9 Å². The van der Waals surface area contributed by atoms with Gasteiger partial charge in [0.15, 0.2) is 0 Å². The van der Waals surface area contributed by atoms with Crippen molar-refractivity contribution in [3.63, 3.8) is 0 Å². The number of H-pyrrole nitrogens is 1. The Balaban J connectivity index is 2.20. The molecule has 0 radical (unpaired) electrons. The Kier molecular flexibility index (Phi) is 7.64. The molecule has 2 aromatic rings. The van der Waals surface area contributed by atoms with Crippen LogP contribution in [0.2, 0.25) is 0 Å². The molecule has 33 heavy (non-hydrogen) atoms. The molecule has 1 fully saturated rings. The van der Waals surface area contributed by atoms with E-state index in [9.17, 15) is 27.0 Å². The highest BCUT2D eigenvalue weighted by molar-refractivity contribution is 7.92. The lowest BCUT2D eigenvalue weighted by Gasteiger charge is -2.37. The summed E-state index contributed by atoms with van der Waals surface area (Å²) in [6.07, 6.45) is -1.45. The minimum absolute atomic E-state index is 0.115. The van der Waals surface area contributed by atoms with Gasteiger partial charge in [-0.1, -0.05) is 0 Å². The minimum Gasteiger partial charge on any atom is -0.391 e. The van der Waals surface area contributed by atoms with E-state index in [1.807, 2.05) is 0 Å². The van der Waals surface area contributed by atoms with E-state index >= 15 is 0 Å². The SMILES string of the molecule is NC[C@@H](O)CNS(=O)(=O)c1ccc(N2CC[C@@H](CN)[C@H](O)C2)c(-c2nn[nH]n2)c1S(N)(=O)=O. The van der Waals surface area contributed by atoms with Gasteiger partial charge in [-0.15, -0.1) is 10.2 Å². The molecule has 1 saturated heterocycles. The summed E-state index contributed by atoms with van der Waals surface area (Å²) in [5, 5.41) is 38.8. The highest BCUT2D eigenvalue weighted by Gasteiger charge is 2.35. The van der Waals surface area contributed by atoms with Crippen molar-refractivity contribution in [3.05, 3.63) is 12.1 Å². The number of piperidine rings is 1. The van der Waals surface area contributed by atoms with Crippen LogP contribution in [-0.4, -0.2) is 92.6 Å². The third kappa shape index (κ3) is 5.46. The van der Waals surface area contributed by atoms with Crippen LogP contribution in [0, 0.1) is 5.92 Å². The van der Waals surface area contributed by atoms with Gasteiger partial charge in [0.2, 0.25) is 25.9 Å². The van der Waals surface area contributed by atoms with Crippen molar-refractivity contribution < 1.29 is 27.0 Å².